The van der Waals surface area contributed by atoms with Crippen molar-refractivity contribution >= 4 is 17.3 Å². The Bertz CT molecular complexity index is 743. The number of rotatable bonds is 8. The van der Waals surface area contributed by atoms with Crippen LogP contribution >= 0.6 is 11.3 Å². The lowest BCUT2D eigenvalue weighted by atomic mass is 10.0. The highest BCUT2D eigenvalue weighted by Crippen LogP contribution is 2.23. The van der Waals surface area contributed by atoms with Gasteiger partial charge in [0.15, 0.2) is 5.96 Å². The monoisotopic (exact) mass is 416 g/mol. The predicted octanol–water partition coefficient (Wildman–Crippen LogP) is 3.10. The van der Waals surface area contributed by atoms with Crippen molar-refractivity contribution in [3.05, 3.63) is 52.2 Å². The normalized spacial score (nSPS) is 17.6. The molecule has 3 rings (SSSR count). The number of methoxy groups -OCH3 is 1. The van der Waals surface area contributed by atoms with E-state index >= 15 is 0 Å². The van der Waals surface area contributed by atoms with Crippen LogP contribution in [0, 0.1) is 0 Å². The molecule has 2 aromatic rings. The fourth-order valence-electron chi connectivity index (χ4n) is 3.51. The summed E-state index contributed by atoms with van der Waals surface area (Å²) >= 11 is 1.74. The fraction of sp³-hybridized carbons (Fsp3) is 0.500. The van der Waals surface area contributed by atoms with Gasteiger partial charge in [-0.3, -0.25) is 9.89 Å². The number of aliphatic imine (C=N–C) groups is 1. The summed E-state index contributed by atoms with van der Waals surface area (Å²) in [7, 11) is 3.52. The smallest absolute Gasteiger partial charge is 0.191 e. The lowest BCUT2D eigenvalue weighted by Crippen LogP contribution is -2.46. The van der Waals surface area contributed by atoms with Gasteiger partial charge in [0.2, 0.25) is 0 Å². The molecule has 6 nitrogen and oxygen atoms in total. The molecule has 0 spiro atoms. The molecule has 158 valence electrons. The molecule has 2 heterocycles. The predicted molar refractivity (Wildman–Crippen MR) is 120 cm³/mol. The SMILES string of the molecule is CN=C(NCC(C)c1ccsc1)NCC(c1ccc(OC)cc1)N1CCOCC1. The molecule has 0 aliphatic carbocycles. The van der Waals surface area contributed by atoms with E-state index in [0.717, 1.165) is 51.1 Å². The topological polar surface area (TPSA) is 58.1 Å². The van der Waals surface area contributed by atoms with Gasteiger partial charge in [-0.05, 0) is 46.0 Å². The number of nitrogens with zero attached hydrogens (tertiary/aromatic N) is 2. The minimum Gasteiger partial charge on any atom is -0.497 e. The van der Waals surface area contributed by atoms with Gasteiger partial charge in [-0.25, -0.2) is 0 Å². The van der Waals surface area contributed by atoms with Gasteiger partial charge in [0.05, 0.1) is 26.4 Å². The van der Waals surface area contributed by atoms with Crippen LogP contribution in [-0.4, -0.2) is 64.4 Å². The second kappa shape index (κ2) is 11.2. The number of ether oxygens (including phenoxy) is 2. The number of benzene rings is 1. The summed E-state index contributed by atoms with van der Waals surface area (Å²) in [4.78, 5) is 6.89. The van der Waals surface area contributed by atoms with Gasteiger partial charge in [0.1, 0.15) is 5.75 Å². The van der Waals surface area contributed by atoms with Gasteiger partial charge < -0.3 is 20.1 Å². The summed E-state index contributed by atoms with van der Waals surface area (Å²) in [6, 6.07) is 10.8. The van der Waals surface area contributed by atoms with Crippen LogP contribution in [0.5, 0.6) is 5.75 Å². The maximum atomic E-state index is 5.55. The maximum absolute atomic E-state index is 5.55. The largest absolute Gasteiger partial charge is 0.497 e. The van der Waals surface area contributed by atoms with E-state index in [2.05, 4.69) is 56.4 Å². The quantitative estimate of drug-likeness (QED) is 0.512. The van der Waals surface area contributed by atoms with E-state index in [1.165, 1.54) is 11.1 Å². The highest BCUT2D eigenvalue weighted by Gasteiger charge is 2.23. The Morgan fingerprint density at radius 3 is 2.48 bits per heavy atom. The van der Waals surface area contributed by atoms with Crippen LogP contribution < -0.4 is 15.4 Å². The van der Waals surface area contributed by atoms with Crippen LogP contribution in [0.25, 0.3) is 0 Å². The molecule has 1 saturated heterocycles. The molecular weight excluding hydrogens is 384 g/mol. The van der Waals surface area contributed by atoms with Gasteiger partial charge in [-0.1, -0.05) is 19.1 Å². The van der Waals surface area contributed by atoms with Crippen LogP contribution in [0.15, 0.2) is 46.1 Å². The van der Waals surface area contributed by atoms with E-state index in [9.17, 15) is 0 Å². The third kappa shape index (κ3) is 6.19. The summed E-state index contributed by atoms with van der Waals surface area (Å²) in [6.45, 7) is 7.27. The van der Waals surface area contributed by atoms with Gasteiger partial charge in [0.25, 0.3) is 0 Å². The molecule has 0 amide bonds. The zero-order chi connectivity index (χ0) is 20.5. The summed E-state index contributed by atoms with van der Waals surface area (Å²) in [6.07, 6.45) is 0. The van der Waals surface area contributed by atoms with Crippen molar-refractivity contribution in [3.63, 3.8) is 0 Å². The average molecular weight is 417 g/mol. The molecule has 1 aliphatic heterocycles. The Labute approximate surface area is 177 Å². The molecule has 0 saturated carbocycles. The molecule has 1 fully saturated rings. The standard InChI is InChI=1S/C22H32N4O2S/c1-17(19-8-13-29-16-19)14-24-22(23-2)25-15-21(26-9-11-28-12-10-26)18-4-6-20(27-3)7-5-18/h4-8,13,16-17,21H,9-12,14-15H2,1-3H3,(H2,23,24,25). The van der Waals surface area contributed by atoms with Crippen LogP contribution in [0.3, 0.4) is 0 Å². The molecular formula is C22H32N4O2S. The van der Waals surface area contributed by atoms with Gasteiger partial charge >= 0.3 is 0 Å². The first kappa shape index (κ1) is 21.6. The third-order valence-corrected chi connectivity index (χ3v) is 6.06. The minimum absolute atomic E-state index is 0.248. The number of thiophene rings is 1. The molecule has 7 heteroatoms. The van der Waals surface area contributed by atoms with E-state index in [0.29, 0.717) is 5.92 Å². The van der Waals surface area contributed by atoms with E-state index in [4.69, 9.17) is 9.47 Å². The van der Waals surface area contributed by atoms with Gasteiger partial charge in [0, 0.05) is 33.2 Å². The lowest BCUT2D eigenvalue weighted by Gasteiger charge is -2.35. The number of guanidine groups is 1. The van der Waals surface area contributed by atoms with E-state index in [1.807, 2.05) is 19.2 Å². The molecule has 2 N–H and O–H groups in total. The van der Waals surface area contributed by atoms with Crippen molar-refractivity contribution in [3.8, 4) is 5.75 Å². The highest BCUT2D eigenvalue weighted by atomic mass is 32.1. The summed E-state index contributed by atoms with van der Waals surface area (Å²) in [5.41, 5.74) is 2.63. The van der Waals surface area contributed by atoms with Crippen LogP contribution in [0.1, 0.15) is 30.0 Å². The van der Waals surface area contributed by atoms with Crippen molar-refractivity contribution in [2.24, 2.45) is 4.99 Å². The van der Waals surface area contributed by atoms with Gasteiger partial charge in [-0.2, -0.15) is 11.3 Å². The Morgan fingerprint density at radius 2 is 1.86 bits per heavy atom. The summed E-state index contributed by atoms with van der Waals surface area (Å²) in [5, 5.41) is 11.3. The van der Waals surface area contributed by atoms with Crippen molar-refractivity contribution in [2.45, 2.75) is 18.9 Å². The van der Waals surface area contributed by atoms with Crippen LogP contribution in [-0.2, 0) is 4.74 Å². The van der Waals surface area contributed by atoms with Gasteiger partial charge in [-0.15, -0.1) is 0 Å². The van der Waals surface area contributed by atoms with Crippen molar-refractivity contribution < 1.29 is 9.47 Å². The zero-order valence-corrected chi connectivity index (χ0v) is 18.4. The fourth-order valence-corrected chi connectivity index (χ4v) is 4.29. The second-order valence-electron chi connectivity index (χ2n) is 7.23. The Kier molecular flexibility index (Phi) is 8.34. The first-order chi connectivity index (χ1) is 14.2. The molecule has 29 heavy (non-hydrogen) atoms. The molecule has 0 radical (unpaired) electrons. The second-order valence-corrected chi connectivity index (χ2v) is 8.01. The highest BCUT2D eigenvalue weighted by molar-refractivity contribution is 7.07. The van der Waals surface area contributed by atoms with Crippen molar-refractivity contribution in [2.75, 3.05) is 53.6 Å². The molecule has 2 atom stereocenters. The average Bonchev–Trinajstić information content (AvgIpc) is 3.32. The van der Waals surface area contributed by atoms with E-state index in [-0.39, 0.29) is 6.04 Å². The number of morpholine rings is 1. The molecule has 1 aromatic heterocycles. The number of hydrogen-bond donors (Lipinski definition) is 2. The maximum Gasteiger partial charge on any atom is 0.191 e. The van der Waals surface area contributed by atoms with E-state index < -0.39 is 0 Å². The Hall–Kier alpha value is -2.09. The number of nitrogens with one attached hydrogen (secondary N) is 2. The van der Waals surface area contributed by atoms with Crippen molar-refractivity contribution in [1.29, 1.82) is 0 Å². The minimum atomic E-state index is 0.248. The third-order valence-electron chi connectivity index (χ3n) is 5.36. The molecule has 1 aliphatic rings. The lowest BCUT2D eigenvalue weighted by molar-refractivity contribution is 0.0170. The molecule has 0 bridgehead atoms. The van der Waals surface area contributed by atoms with E-state index in [1.54, 1.807) is 18.4 Å². The first-order valence-corrected chi connectivity index (χ1v) is 11.1. The number of hydrogen-bond acceptors (Lipinski definition) is 5. The zero-order valence-electron chi connectivity index (χ0n) is 17.6. The molecule has 1 aromatic carbocycles. The first-order valence-electron chi connectivity index (χ1n) is 10.1. The summed E-state index contributed by atoms with van der Waals surface area (Å²) in [5.74, 6) is 2.15. The van der Waals surface area contributed by atoms with Crippen LogP contribution in [0.4, 0.5) is 0 Å². The Balaban J connectivity index is 1.61. The molecule has 2 unspecified atom stereocenters. The Morgan fingerprint density at radius 1 is 1.14 bits per heavy atom. The van der Waals surface area contributed by atoms with Crippen LogP contribution in [0.2, 0.25) is 0 Å². The van der Waals surface area contributed by atoms with Crippen molar-refractivity contribution in [1.82, 2.24) is 15.5 Å². The summed E-state index contributed by atoms with van der Waals surface area (Å²) < 4.78 is 10.9.